The molecular weight excluding hydrogens is 334 g/mol. The van der Waals surface area contributed by atoms with Gasteiger partial charge in [-0.15, -0.1) is 0 Å². The van der Waals surface area contributed by atoms with Gasteiger partial charge in [-0.1, -0.05) is 23.7 Å². The Morgan fingerprint density at radius 1 is 1.17 bits per heavy atom. The Morgan fingerprint density at radius 2 is 1.91 bits per heavy atom. The van der Waals surface area contributed by atoms with E-state index in [1.807, 2.05) is 10.9 Å². The summed E-state index contributed by atoms with van der Waals surface area (Å²) < 4.78 is 28.8. The van der Waals surface area contributed by atoms with Gasteiger partial charge in [-0.2, -0.15) is 5.10 Å². The monoisotopic (exact) mass is 353 g/mol. The van der Waals surface area contributed by atoms with Crippen LogP contribution in [0.2, 0.25) is 5.02 Å². The van der Waals surface area contributed by atoms with E-state index < -0.39 is 10.0 Å². The molecule has 0 saturated heterocycles. The highest BCUT2D eigenvalue weighted by atomic mass is 35.5. The van der Waals surface area contributed by atoms with Gasteiger partial charge in [-0.25, -0.2) is 13.1 Å². The van der Waals surface area contributed by atoms with E-state index in [4.69, 9.17) is 11.6 Å². The molecule has 0 aliphatic heterocycles. The van der Waals surface area contributed by atoms with Crippen molar-refractivity contribution in [3.05, 3.63) is 52.3 Å². The minimum absolute atomic E-state index is 0.0403. The number of sulfonamides is 1. The van der Waals surface area contributed by atoms with Gasteiger partial charge < -0.3 is 0 Å². The molecule has 0 amide bonds. The van der Waals surface area contributed by atoms with Crippen LogP contribution in [-0.4, -0.2) is 24.7 Å². The number of aryl methyl sites for hydroxylation is 1. The second-order valence-electron chi connectivity index (χ2n) is 5.83. The van der Waals surface area contributed by atoms with Crippen LogP contribution in [0.3, 0.4) is 0 Å². The Morgan fingerprint density at radius 3 is 2.70 bits per heavy atom. The van der Waals surface area contributed by atoms with E-state index in [1.165, 1.54) is 24.1 Å². The second kappa shape index (κ2) is 7.03. The third-order valence-corrected chi connectivity index (χ3v) is 5.67. The topological polar surface area (TPSA) is 64.0 Å². The summed E-state index contributed by atoms with van der Waals surface area (Å²) in [5.41, 5.74) is 3.28. The van der Waals surface area contributed by atoms with E-state index in [1.54, 1.807) is 24.3 Å². The molecule has 2 aromatic rings. The number of aromatic nitrogens is 2. The maximum absolute atomic E-state index is 12.1. The molecule has 0 fully saturated rings. The first kappa shape index (κ1) is 16.5. The summed E-state index contributed by atoms with van der Waals surface area (Å²) in [6, 6.07) is 6.85. The number of halogens is 1. The minimum atomic E-state index is -3.36. The van der Waals surface area contributed by atoms with Crippen LogP contribution >= 0.6 is 11.6 Å². The molecule has 0 saturated carbocycles. The van der Waals surface area contributed by atoms with Crippen molar-refractivity contribution < 1.29 is 8.42 Å². The standard InChI is InChI=1S/C16H20ClN3O2S/c17-15-7-5-13(6-8-15)12-23(21,22)19-9-10-20-16-4-2-1-3-14(16)11-18-20/h5-8,11,19H,1-4,9-10,12H2. The summed E-state index contributed by atoms with van der Waals surface area (Å²) in [5.74, 6) is -0.0403. The Balaban J connectivity index is 1.55. The lowest BCUT2D eigenvalue weighted by molar-refractivity contribution is 0.538. The van der Waals surface area contributed by atoms with Crippen LogP contribution in [0.4, 0.5) is 0 Å². The number of rotatable bonds is 6. The van der Waals surface area contributed by atoms with Crippen LogP contribution in [0, 0.1) is 0 Å². The van der Waals surface area contributed by atoms with Crippen LogP contribution in [0.1, 0.15) is 29.7 Å². The van der Waals surface area contributed by atoms with Gasteiger partial charge in [-0.3, -0.25) is 4.68 Å². The van der Waals surface area contributed by atoms with Gasteiger partial charge in [0.2, 0.25) is 10.0 Å². The molecule has 3 rings (SSSR count). The van der Waals surface area contributed by atoms with Crippen molar-refractivity contribution in [2.45, 2.75) is 38.0 Å². The molecule has 1 aromatic carbocycles. The molecule has 1 aliphatic rings. The van der Waals surface area contributed by atoms with E-state index in [2.05, 4.69) is 9.82 Å². The van der Waals surface area contributed by atoms with Crippen molar-refractivity contribution in [2.75, 3.05) is 6.54 Å². The minimum Gasteiger partial charge on any atom is -0.268 e. The molecule has 5 nitrogen and oxygen atoms in total. The normalized spacial score (nSPS) is 14.7. The van der Waals surface area contributed by atoms with Gasteiger partial charge in [0.1, 0.15) is 0 Å². The largest absolute Gasteiger partial charge is 0.268 e. The zero-order valence-electron chi connectivity index (χ0n) is 12.8. The van der Waals surface area contributed by atoms with Gasteiger partial charge >= 0.3 is 0 Å². The van der Waals surface area contributed by atoms with Crippen molar-refractivity contribution in [2.24, 2.45) is 0 Å². The van der Waals surface area contributed by atoms with E-state index in [-0.39, 0.29) is 5.75 Å². The Kier molecular flexibility index (Phi) is 5.04. The zero-order chi connectivity index (χ0) is 16.3. The van der Waals surface area contributed by atoms with E-state index in [0.717, 1.165) is 18.4 Å². The second-order valence-corrected chi connectivity index (χ2v) is 8.07. The molecule has 1 N–H and O–H groups in total. The van der Waals surface area contributed by atoms with E-state index >= 15 is 0 Å². The first-order valence-electron chi connectivity index (χ1n) is 7.79. The first-order valence-corrected chi connectivity index (χ1v) is 9.82. The van der Waals surface area contributed by atoms with E-state index in [0.29, 0.717) is 18.1 Å². The first-order chi connectivity index (χ1) is 11.0. The average Bonchev–Trinajstić information content (AvgIpc) is 2.93. The quantitative estimate of drug-likeness (QED) is 0.868. The van der Waals surface area contributed by atoms with Gasteiger partial charge in [-0.05, 0) is 48.9 Å². The van der Waals surface area contributed by atoms with Gasteiger partial charge in [0.25, 0.3) is 0 Å². The highest BCUT2D eigenvalue weighted by Crippen LogP contribution is 2.20. The van der Waals surface area contributed by atoms with E-state index in [9.17, 15) is 8.42 Å². The van der Waals surface area contributed by atoms with Crippen LogP contribution in [-0.2, 0) is 35.2 Å². The molecule has 1 aromatic heterocycles. The fourth-order valence-corrected chi connectivity index (χ4v) is 4.17. The highest BCUT2D eigenvalue weighted by Gasteiger charge is 2.16. The lowest BCUT2D eigenvalue weighted by Crippen LogP contribution is -2.29. The molecule has 1 heterocycles. The van der Waals surface area contributed by atoms with Crippen LogP contribution in [0.5, 0.6) is 0 Å². The Hall–Kier alpha value is -1.37. The molecule has 23 heavy (non-hydrogen) atoms. The lowest BCUT2D eigenvalue weighted by atomic mass is 9.98. The maximum Gasteiger partial charge on any atom is 0.215 e. The van der Waals surface area contributed by atoms with Crippen molar-refractivity contribution in [3.8, 4) is 0 Å². The summed E-state index contributed by atoms with van der Waals surface area (Å²) in [4.78, 5) is 0. The lowest BCUT2D eigenvalue weighted by Gasteiger charge is -2.14. The van der Waals surface area contributed by atoms with Crippen LogP contribution in [0.15, 0.2) is 30.5 Å². The predicted molar refractivity (Wildman–Crippen MR) is 90.9 cm³/mol. The number of hydrogen-bond acceptors (Lipinski definition) is 3. The summed E-state index contributed by atoms with van der Waals surface area (Å²) in [7, 11) is -3.36. The van der Waals surface area contributed by atoms with Crippen LogP contribution in [0.25, 0.3) is 0 Å². The highest BCUT2D eigenvalue weighted by molar-refractivity contribution is 7.88. The van der Waals surface area contributed by atoms with Crippen molar-refractivity contribution in [1.29, 1.82) is 0 Å². The zero-order valence-corrected chi connectivity index (χ0v) is 14.4. The molecular formula is C16H20ClN3O2S. The predicted octanol–water partition coefficient (Wildman–Crippen LogP) is 2.53. The maximum atomic E-state index is 12.1. The number of fused-ring (bicyclic) bond motifs is 1. The fraction of sp³-hybridized carbons (Fsp3) is 0.438. The summed E-state index contributed by atoms with van der Waals surface area (Å²) >= 11 is 5.81. The van der Waals surface area contributed by atoms with Crippen LogP contribution < -0.4 is 4.72 Å². The summed E-state index contributed by atoms with van der Waals surface area (Å²) in [6.07, 6.45) is 6.43. The molecule has 0 unspecified atom stereocenters. The van der Waals surface area contributed by atoms with Gasteiger partial charge in [0.15, 0.2) is 0 Å². The number of benzene rings is 1. The number of hydrogen-bond donors (Lipinski definition) is 1. The molecule has 0 bridgehead atoms. The molecule has 124 valence electrons. The molecule has 7 heteroatoms. The third-order valence-electron chi connectivity index (χ3n) is 4.06. The van der Waals surface area contributed by atoms with Crippen molar-refractivity contribution in [3.63, 3.8) is 0 Å². The third kappa shape index (κ3) is 4.34. The summed E-state index contributed by atoms with van der Waals surface area (Å²) in [5, 5.41) is 4.98. The van der Waals surface area contributed by atoms with Crippen molar-refractivity contribution >= 4 is 21.6 Å². The fourth-order valence-electron chi connectivity index (χ4n) is 2.91. The number of nitrogens with one attached hydrogen (secondary N) is 1. The molecule has 0 spiro atoms. The average molecular weight is 354 g/mol. The number of nitrogens with zero attached hydrogens (tertiary/aromatic N) is 2. The molecule has 0 radical (unpaired) electrons. The Bertz CT molecular complexity index is 769. The Labute approximate surface area is 141 Å². The molecule has 0 atom stereocenters. The van der Waals surface area contributed by atoms with Gasteiger partial charge in [0, 0.05) is 17.3 Å². The van der Waals surface area contributed by atoms with Gasteiger partial charge in [0.05, 0.1) is 18.5 Å². The summed E-state index contributed by atoms with van der Waals surface area (Å²) in [6.45, 7) is 0.916. The van der Waals surface area contributed by atoms with Crippen molar-refractivity contribution in [1.82, 2.24) is 14.5 Å². The SMILES string of the molecule is O=S(=O)(Cc1ccc(Cl)cc1)NCCn1ncc2c1CCCC2. The smallest absolute Gasteiger partial charge is 0.215 e. The molecule has 1 aliphatic carbocycles.